The molecule has 230 valence electrons. The number of carbonyl (C=O) groups is 3. The summed E-state index contributed by atoms with van der Waals surface area (Å²) >= 11 is 0. The molecule has 0 aromatic rings. The molecule has 0 amide bonds. The van der Waals surface area contributed by atoms with Gasteiger partial charge in [0.2, 0.25) is 0 Å². The van der Waals surface area contributed by atoms with Gasteiger partial charge in [-0.1, -0.05) is 106 Å². The maximum absolute atomic E-state index is 11.0. The smallest absolute Gasteiger partial charge is 0.132 e. The van der Waals surface area contributed by atoms with Gasteiger partial charge >= 0.3 is 0 Å². The maximum Gasteiger partial charge on any atom is 0.132 e. The number of hydrogen-bond donors (Lipinski definition) is 0. The van der Waals surface area contributed by atoms with Crippen LogP contribution in [-0.4, -0.2) is 47.7 Å². The minimum absolute atomic E-state index is 0.371. The third-order valence-corrected chi connectivity index (χ3v) is 7.28. The first-order valence-corrected chi connectivity index (χ1v) is 16.7. The van der Waals surface area contributed by atoms with E-state index < -0.39 is 0 Å². The molecular weight excluding hydrogens is 484 g/mol. The van der Waals surface area contributed by atoms with Gasteiger partial charge < -0.3 is 4.90 Å². The van der Waals surface area contributed by atoms with Gasteiger partial charge in [0.15, 0.2) is 0 Å². The summed E-state index contributed by atoms with van der Waals surface area (Å²) in [6, 6.07) is 0. The lowest BCUT2D eigenvalue weighted by Gasteiger charge is -2.19. The molecule has 1 rings (SSSR count). The maximum atomic E-state index is 11.0. The van der Waals surface area contributed by atoms with E-state index in [-0.39, 0.29) is 0 Å². The van der Waals surface area contributed by atoms with Crippen molar-refractivity contribution in [1.29, 1.82) is 0 Å². The first-order chi connectivity index (χ1) is 18.9. The van der Waals surface area contributed by atoms with E-state index >= 15 is 0 Å². The summed E-state index contributed by atoms with van der Waals surface area (Å²) in [6.07, 6.45) is 22.6. The summed E-state index contributed by atoms with van der Waals surface area (Å²) < 4.78 is 0. The van der Waals surface area contributed by atoms with Crippen LogP contribution in [0.4, 0.5) is 0 Å². The van der Waals surface area contributed by atoms with Gasteiger partial charge in [-0.15, -0.1) is 0 Å². The van der Waals surface area contributed by atoms with Crippen molar-refractivity contribution in [1.82, 2.24) is 4.90 Å². The molecule has 0 spiro atoms. The normalized spacial score (nSPS) is 12.3. The molecule has 0 unspecified atom stereocenters. The zero-order valence-electron chi connectivity index (χ0n) is 27.1. The summed E-state index contributed by atoms with van der Waals surface area (Å²) in [5.74, 6) is 2.49. The second kappa shape index (κ2) is 31.0. The molecule has 0 fully saturated rings. The zero-order valence-corrected chi connectivity index (χ0v) is 27.1. The van der Waals surface area contributed by atoms with Crippen LogP contribution in [0.3, 0.4) is 0 Å². The van der Waals surface area contributed by atoms with Gasteiger partial charge in [0.05, 0.1) is 12.4 Å². The molecule has 0 aromatic heterocycles. The molecule has 0 atom stereocenters. The number of carbonyl (C=O) groups excluding carboxylic acids is 3. The third-order valence-electron chi connectivity index (χ3n) is 7.28. The van der Waals surface area contributed by atoms with Gasteiger partial charge in [-0.3, -0.25) is 19.4 Å². The highest BCUT2D eigenvalue weighted by atomic mass is 16.1. The fraction of sp³-hybridized carbons (Fsp3) is 0.882. The first-order valence-electron chi connectivity index (χ1n) is 16.7. The van der Waals surface area contributed by atoms with E-state index in [1.807, 2.05) is 20.8 Å². The van der Waals surface area contributed by atoms with Gasteiger partial charge in [-0.05, 0) is 25.7 Å². The van der Waals surface area contributed by atoms with Crippen LogP contribution in [0.2, 0.25) is 0 Å². The van der Waals surface area contributed by atoms with Crippen LogP contribution in [0.1, 0.15) is 176 Å². The average molecular weight is 551 g/mol. The van der Waals surface area contributed by atoms with E-state index in [1.54, 1.807) is 0 Å². The minimum atomic E-state index is 0.371. The third kappa shape index (κ3) is 27.8. The van der Waals surface area contributed by atoms with Crippen molar-refractivity contribution in [2.75, 3.05) is 19.6 Å². The first kappa shape index (κ1) is 39.6. The largest absolute Gasteiger partial charge is 0.359 e. The van der Waals surface area contributed by atoms with Crippen molar-refractivity contribution in [3.63, 3.8) is 0 Å². The second-order valence-corrected chi connectivity index (χ2v) is 10.8. The van der Waals surface area contributed by atoms with Crippen LogP contribution < -0.4 is 0 Å². The standard InChI is InChI=1S/C13H24O2.C11H22N2.C10H20O/c1-3-12(14)10-8-6-5-7-9-11-13(15)4-2;1-3-5-6-7-9-13-10-8-12-11(13)4-2;1-3-5-6-7-8-9-10(11)4-2/h3-11H2,1-2H3;3-10H2,1-2H3;3-9H2,1-2H3. The number of Topliss-reactive ketones (excluding diaryl/α,β-unsaturated/α-hetero) is 3. The summed E-state index contributed by atoms with van der Waals surface area (Å²) in [5.41, 5.74) is 0. The number of rotatable bonds is 23. The van der Waals surface area contributed by atoms with Crippen molar-refractivity contribution in [3.05, 3.63) is 0 Å². The molecule has 0 saturated heterocycles. The van der Waals surface area contributed by atoms with E-state index in [1.165, 1.54) is 63.7 Å². The molecule has 0 saturated carbocycles. The Hall–Kier alpha value is -1.52. The van der Waals surface area contributed by atoms with Crippen molar-refractivity contribution < 1.29 is 14.4 Å². The van der Waals surface area contributed by atoms with E-state index in [2.05, 4.69) is 30.7 Å². The molecule has 0 aliphatic carbocycles. The van der Waals surface area contributed by atoms with Crippen LogP contribution in [0.15, 0.2) is 4.99 Å². The quantitative estimate of drug-likeness (QED) is 0.119. The molecule has 1 heterocycles. The number of aliphatic imine (C=N–C) groups is 1. The van der Waals surface area contributed by atoms with Gasteiger partial charge in [0, 0.05) is 58.0 Å². The number of unbranched alkanes of at least 4 members (excludes halogenated alkanes) is 11. The average Bonchev–Trinajstić information content (AvgIpc) is 3.42. The van der Waals surface area contributed by atoms with Crippen molar-refractivity contribution in [3.8, 4) is 0 Å². The summed E-state index contributed by atoms with van der Waals surface area (Å²) in [6.45, 7) is 15.8. The fourth-order valence-electron chi connectivity index (χ4n) is 4.47. The number of nitrogens with zero attached hydrogens (tertiary/aromatic N) is 2. The van der Waals surface area contributed by atoms with Gasteiger partial charge in [0.1, 0.15) is 17.3 Å². The Bertz CT molecular complexity index is 596. The van der Waals surface area contributed by atoms with Crippen molar-refractivity contribution in [2.24, 2.45) is 4.99 Å². The SMILES string of the molecule is CCC(=O)CCCCCCCC(=O)CC.CCCCCCCC(=O)CC.CCCCCCN1CCN=C1CC. The van der Waals surface area contributed by atoms with Gasteiger partial charge in [-0.25, -0.2) is 0 Å². The topological polar surface area (TPSA) is 66.8 Å². The van der Waals surface area contributed by atoms with Crippen molar-refractivity contribution >= 4 is 23.2 Å². The van der Waals surface area contributed by atoms with Crippen LogP contribution in [0.25, 0.3) is 0 Å². The molecular formula is C34H66N2O3. The number of ketones is 3. The highest BCUT2D eigenvalue weighted by molar-refractivity contribution is 5.83. The molecule has 0 aromatic carbocycles. The molecule has 0 bridgehead atoms. The Kier molecular flexibility index (Phi) is 31.5. The van der Waals surface area contributed by atoms with Gasteiger partial charge in [-0.2, -0.15) is 0 Å². The van der Waals surface area contributed by atoms with Gasteiger partial charge in [0.25, 0.3) is 0 Å². The predicted molar refractivity (Wildman–Crippen MR) is 170 cm³/mol. The zero-order chi connectivity index (χ0) is 29.6. The summed E-state index contributed by atoms with van der Waals surface area (Å²) in [4.78, 5) is 39.7. The van der Waals surface area contributed by atoms with Crippen LogP contribution in [0, 0.1) is 0 Å². The molecule has 0 radical (unpaired) electrons. The van der Waals surface area contributed by atoms with E-state index in [0.29, 0.717) is 36.6 Å². The van der Waals surface area contributed by atoms with E-state index in [0.717, 1.165) is 77.3 Å². The Balaban J connectivity index is 0. The second-order valence-electron chi connectivity index (χ2n) is 10.8. The summed E-state index contributed by atoms with van der Waals surface area (Å²) in [7, 11) is 0. The predicted octanol–water partition coefficient (Wildman–Crippen LogP) is 9.69. The Labute approximate surface area is 243 Å². The monoisotopic (exact) mass is 551 g/mol. The van der Waals surface area contributed by atoms with Crippen molar-refractivity contribution in [2.45, 2.75) is 176 Å². The Morgan fingerprint density at radius 1 is 0.564 bits per heavy atom. The molecule has 1 aliphatic heterocycles. The lowest BCUT2D eigenvalue weighted by Crippen LogP contribution is -2.28. The van der Waals surface area contributed by atoms with Crippen LogP contribution in [-0.2, 0) is 14.4 Å². The molecule has 0 N–H and O–H groups in total. The molecule has 1 aliphatic rings. The van der Waals surface area contributed by atoms with Crippen LogP contribution >= 0.6 is 0 Å². The summed E-state index contributed by atoms with van der Waals surface area (Å²) in [5, 5.41) is 0. The fourth-order valence-corrected chi connectivity index (χ4v) is 4.47. The number of hydrogen-bond acceptors (Lipinski definition) is 5. The molecule has 39 heavy (non-hydrogen) atoms. The highest BCUT2D eigenvalue weighted by Crippen LogP contribution is 2.10. The number of amidine groups is 1. The van der Waals surface area contributed by atoms with E-state index in [4.69, 9.17) is 0 Å². The van der Waals surface area contributed by atoms with Crippen LogP contribution in [0.5, 0.6) is 0 Å². The molecule has 5 heteroatoms. The Morgan fingerprint density at radius 2 is 0.949 bits per heavy atom. The lowest BCUT2D eigenvalue weighted by atomic mass is 10.1. The minimum Gasteiger partial charge on any atom is -0.359 e. The molecule has 5 nitrogen and oxygen atoms in total. The highest BCUT2D eigenvalue weighted by Gasteiger charge is 2.13. The lowest BCUT2D eigenvalue weighted by molar-refractivity contribution is -0.119. The Morgan fingerprint density at radius 3 is 1.33 bits per heavy atom. The van der Waals surface area contributed by atoms with E-state index in [9.17, 15) is 14.4 Å².